The molecule has 0 saturated heterocycles. The van der Waals surface area contributed by atoms with Gasteiger partial charge in [-0.2, -0.15) is 5.10 Å². The molecule has 2 N–H and O–H groups in total. The Kier molecular flexibility index (Phi) is 8.04. The van der Waals surface area contributed by atoms with Crippen LogP contribution in [0.5, 0.6) is 5.75 Å². The number of benzene rings is 4. The molecule has 10 heteroatoms. The number of hydrazone groups is 1. The number of nitrogens with zero attached hydrogens (tertiary/aromatic N) is 1. The summed E-state index contributed by atoms with van der Waals surface area (Å²) >= 11 is 22.0. The zero-order valence-corrected chi connectivity index (χ0v) is 23.7. The number of halogens is 4. The first-order valence-electron chi connectivity index (χ1n) is 11.5. The predicted octanol–water partition coefficient (Wildman–Crippen LogP) is 8.54. The maximum absolute atomic E-state index is 13.3. The Morgan fingerprint density at radius 1 is 0.897 bits per heavy atom. The van der Waals surface area contributed by atoms with E-state index in [2.05, 4.69) is 31.4 Å². The number of para-hydroxylation sites is 1. The minimum absolute atomic E-state index is 0.165. The van der Waals surface area contributed by atoms with Gasteiger partial charge < -0.3 is 9.72 Å². The molecule has 4 aromatic carbocycles. The molecule has 6 nitrogen and oxygen atoms in total. The van der Waals surface area contributed by atoms with Gasteiger partial charge in [-0.25, -0.2) is 10.2 Å². The Bertz CT molecular complexity index is 1750. The molecule has 5 aromatic rings. The third kappa shape index (κ3) is 5.87. The normalized spacial score (nSPS) is 11.2. The highest BCUT2D eigenvalue weighted by Crippen LogP contribution is 2.37. The lowest BCUT2D eigenvalue weighted by molar-refractivity contribution is 0.0734. The van der Waals surface area contributed by atoms with Crippen molar-refractivity contribution >= 4 is 79.7 Å². The van der Waals surface area contributed by atoms with Crippen LogP contribution in [-0.2, 0) is 0 Å². The lowest BCUT2D eigenvalue weighted by atomic mass is 10.0. The van der Waals surface area contributed by atoms with Gasteiger partial charge >= 0.3 is 5.97 Å². The summed E-state index contributed by atoms with van der Waals surface area (Å²) in [4.78, 5) is 29.1. The molecule has 0 saturated carbocycles. The van der Waals surface area contributed by atoms with E-state index >= 15 is 0 Å². The van der Waals surface area contributed by atoms with E-state index in [1.807, 2.05) is 36.4 Å². The number of amides is 1. The first-order valence-corrected chi connectivity index (χ1v) is 13.4. The number of rotatable bonds is 6. The molecular weight excluding hydrogens is 625 g/mol. The van der Waals surface area contributed by atoms with Crippen LogP contribution in [0.25, 0.3) is 22.0 Å². The standard InChI is InChI=1S/C29H17BrCl3N3O3/c30-18-12-21-25(16-6-2-1-3-7-16)27(35-26(21)23(33)13-18)28(37)36-34-15-17-8-4-5-9-24(17)39-29(38)20-11-10-19(31)14-22(20)32/h1-15,35H,(H,36,37). The largest absolute Gasteiger partial charge is 0.422 e. The van der Waals surface area contributed by atoms with E-state index in [1.54, 1.807) is 36.4 Å². The summed E-state index contributed by atoms with van der Waals surface area (Å²) in [7, 11) is 0. The van der Waals surface area contributed by atoms with Crippen LogP contribution in [0.4, 0.5) is 0 Å². The van der Waals surface area contributed by atoms with E-state index in [1.165, 1.54) is 18.3 Å². The van der Waals surface area contributed by atoms with Gasteiger partial charge in [-0.1, -0.05) is 93.2 Å². The molecule has 0 unspecified atom stereocenters. The summed E-state index contributed by atoms with van der Waals surface area (Å²) in [6.45, 7) is 0. The van der Waals surface area contributed by atoms with Gasteiger partial charge in [0.2, 0.25) is 0 Å². The van der Waals surface area contributed by atoms with Crippen molar-refractivity contribution in [3.05, 3.63) is 121 Å². The highest BCUT2D eigenvalue weighted by atomic mass is 79.9. The van der Waals surface area contributed by atoms with Crippen molar-refractivity contribution in [1.82, 2.24) is 10.4 Å². The van der Waals surface area contributed by atoms with Crippen LogP contribution >= 0.6 is 50.7 Å². The van der Waals surface area contributed by atoms with Gasteiger partial charge in [-0.05, 0) is 48.0 Å². The number of aromatic amines is 1. The fourth-order valence-corrected chi connectivity index (χ4v) is 5.34. The number of carbonyl (C=O) groups excluding carboxylic acids is 2. The average molecular weight is 642 g/mol. The van der Waals surface area contributed by atoms with Gasteiger partial charge in [-0.3, -0.25) is 4.79 Å². The molecule has 0 bridgehead atoms. The van der Waals surface area contributed by atoms with Crippen LogP contribution in [0, 0.1) is 0 Å². The Labute approximate surface area is 246 Å². The average Bonchev–Trinajstić information content (AvgIpc) is 3.30. The van der Waals surface area contributed by atoms with Crippen molar-refractivity contribution in [2.75, 3.05) is 0 Å². The van der Waals surface area contributed by atoms with E-state index in [9.17, 15) is 9.59 Å². The number of ether oxygens (including phenoxy) is 1. The lowest BCUT2D eigenvalue weighted by Crippen LogP contribution is -2.19. The van der Waals surface area contributed by atoms with E-state index in [0.29, 0.717) is 32.4 Å². The van der Waals surface area contributed by atoms with Crippen molar-refractivity contribution < 1.29 is 14.3 Å². The van der Waals surface area contributed by atoms with Crippen LogP contribution in [0.15, 0.2) is 94.5 Å². The van der Waals surface area contributed by atoms with Crippen molar-refractivity contribution in [1.29, 1.82) is 0 Å². The summed E-state index contributed by atoms with van der Waals surface area (Å²) in [6, 6.07) is 24.4. The Hall–Kier alpha value is -3.62. The summed E-state index contributed by atoms with van der Waals surface area (Å²) in [5, 5.41) is 5.94. The summed E-state index contributed by atoms with van der Waals surface area (Å²) in [5.41, 5.74) is 5.63. The molecule has 1 aromatic heterocycles. The molecule has 0 aliphatic rings. The smallest absolute Gasteiger partial charge is 0.345 e. The van der Waals surface area contributed by atoms with Crippen molar-refractivity contribution in [3.8, 4) is 16.9 Å². The highest BCUT2D eigenvalue weighted by molar-refractivity contribution is 9.10. The molecular formula is C29H17BrCl3N3O3. The number of esters is 1. The number of carbonyl (C=O) groups is 2. The van der Waals surface area contributed by atoms with Crippen molar-refractivity contribution in [3.63, 3.8) is 0 Å². The molecule has 0 radical (unpaired) electrons. The Balaban J connectivity index is 1.41. The zero-order chi connectivity index (χ0) is 27.5. The molecule has 0 atom stereocenters. The highest BCUT2D eigenvalue weighted by Gasteiger charge is 2.21. The molecule has 0 spiro atoms. The maximum atomic E-state index is 13.3. The SMILES string of the molecule is O=C(Oc1ccccc1C=NNC(=O)c1[nH]c2c(Cl)cc(Br)cc2c1-c1ccccc1)c1ccc(Cl)cc1Cl. The van der Waals surface area contributed by atoms with Crippen LogP contribution in [-0.4, -0.2) is 23.1 Å². The van der Waals surface area contributed by atoms with Gasteiger partial charge in [0, 0.05) is 26.0 Å². The first-order chi connectivity index (χ1) is 18.8. The third-order valence-electron chi connectivity index (χ3n) is 5.76. The Morgan fingerprint density at radius 2 is 1.64 bits per heavy atom. The van der Waals surface area contributed by atoms with Crippen LogP contribution in [0.2, 0.25) is 15.1 Å². The molecule has 194 valence electrons. The van der Waals surface area contributed by atoms with E-state index in [4.69, 9.17) is 39.5 Å². The van der Waals surface area contributed by atoms with Crippen molar-refractivity contribution in [2.24, 2.45) is 5.10 Å². The topological polar surface area (TPSA) is 83.5 Å². The van der Waals surface area contributed by atoms with Gasteiger partial charge in [0.25, 0.3) is 5.91 Å². The molecule has 1 heterocycles. The first kappa shape index (κ1) is 27.0. The maximum Gasteiger partial charge on any atom is 0.345 e. The number of H-pyrrole nitrogens is 1. The van der Waals surface area contributed by atoms with Gasteiger partial charge in [0.1, 0.15) is 11.4 Å². The van der Waals surface area contributed by atoms with Gasteiger partial charge in [-0.15, -0.1) is 0 Å². The molecule has 1 amide bonds. The van der Waals surface area contributed by atoms with Crippen molar-refractivity contribution in [2.45, 2.75) is 0 Å². The predicted molar refractivity (Wildman–Crippen MR) is 159 cm³/mol. The second-order valence-corrected chi connectivity index (χ2v) is 10.5. The number of fused-ring (bicyclic) bond motifs is 1. The molecule has 0 aliphatic carbocycles. The van der Waals surface area contributed by atoms with Gasteiger partial charge in [0.15, 0.2) is 0 Å². The quantitative estimate of drug-likeness (QED) is 0.0844. The van der Waals surface area contributed by atoms with Crippen LogP contribution < -0.4 is 10.2 Å². The second-order valence-electron chi connectivity index (χ2n) is 8.30. The Morgan fingerprint density at radius 3 is 2.41 bits per heavy atom. The van der Waals surface area contributed by atoms with E-state index in [-0.39, 0.29) is 16.3 Å². The molecule has 5 rings (SSSR count). The van der Waals surface area contributed by atoms with Crippen LogP contribution in [0.3, 0.4) is 0 Å². The number of nitrogens with one attached hydrogen (secondary N) is 2. The summed E-state index contributed by atoms with van der Waals surface area (Å²) < 4.78 is 6.32. The third-order valence-corrected chi connectivity index (χ3v) is 7.06. The summed E-state index contributed by atoms with van der Waals surface area (Å²) in [6.07, 6.45) is 1.39. The van der Waals surface area contributed by atoms with E-state index < -0.39 is 11.9 Å². The van der Waals surface area contributed by atoms with Gasteiger partial charge in [0.05, 0.1) is 27.3 Å². The number of hydrogen-bond acceptors (Lipinski definition) is 4. The lowest BCUT2D eigenvalue weighted by Gasteiger charge is -2.08. The minimum Gasteiger partial charge on any atom is -0.422 e. The van der Waals surface area contributed by atoms with Crippen LogP contribution in [0.1, 0.15) is 26.4 Å². The fourth-order valence-electron chi connectivity index (χ4n) is 4.00. The minimum atomic E-state index is -0.657. The fraction of sp³-hybridized carbons (Fsp3) is 0. The number of hydrogen-bond donors (Lipinski definition) is 2. The number of aromatic nitrogens is 1. The molecule has 0 aliphatic heterocycles. The zero-order valence-electron chi connectivity index (χ0n) is 19.8. The monoisotopic (exact) mass is 639 g/mol. The second kappa shape index (κ2) is 11.6. The molecule has 0 fully saturated rings. The van der Waals surface area contributed by atoms with E-state index in [0.717, 1.165) is 15.4 Å². The molecule has 39 heavy (non-hydrogen) atoms. The summed E-state index contributed by atoms with van der Waals surface area (Å²) in [5.74, 6) is -0.898.